The van der Waals surface area contributed by atoms with E-state index in [9.17, 15) is 0 Å². The zero-order valence-electron chi connectivity index (χ0n) is 7.80. The minimum absolute atomic E-state index is 0.194. The average molecular weight is 159 g/mol. The van der Waals surface area contributed by atoms with Crippen LogP contribution in [0, 0.1) is 6.92 Å². The Morgan fingerprint density at radius 3 is 2.45 bits per heavy atom. The first kappa shape index (κ1) is 10.9. The summed E-state index contributed by atoms with van der Waals surface area (Å²) in [7, 11) is 0. The molecule has 0 saturated carbocycles. The van der Waals surface area contributed by atoms with Gasteiger partial charge in [-0.2, -0.15) is 0 Å². The van der Waals surface area contributed by atoms with Gasteiger partial charge in [0.2, 0.25) is 0 Å². The molecule has 0 rings (SSSR count). The standard InChI is InChI=1S/C9H19O2/c1-5-6-7-10-9(4)11-8(2)3/h8-9H,4-7H2,1-3H3. The summed E-state index contributed by atoms with van der Waals surface area (Å²) in [5.74, 6) is 0. The third-order valence-electron chi connectivity index (χ3n) is 1.23. The molecular weight excluding hydrogens is 140 g/mol. The van der Waals surface area contributed by atoms with Crippen LogP contribution in [0.15, 0.2) is 0 Å². The number of ether oxygens (including phenoxy) is 2. The normalized spacial score (nSPS) is 13.9. The van der Waals surface area contributed by atoms with Gasteiger partial charge in [0.1, 0.15) is 0 Å². The minimum atomic E-state index is -0.304. The maximum Gasteiger partial charge on any atom is 0.158 e. The molecular formula is C9H19O2. The van der Waals surface area contributed by atoms with Gasteiger partial charge < -0.3 is 9.47 Å². The van der Waals surface area contributed by atoms with E-state index < -0.39 is 0 Å². The van der Waals surface area contributed by atoms with Crippen LogP contribution < -0.4 is 0 Å². The molecule has 67 valence electrons. The fourth-order valence-corrected chi connectivity index (χ4v) is 0.702. The second-order valence-corrected chi connectivity index (χ2v) is 2.84. The van der Waals surface area contributed by atoms with Crippen molar-refractivity contribution in [2.24, 2.45) is 0 Å². The number of rotatable bonds is 6. The Bertz CT molecular complexity index is 81.6. The van der Waals surface area contributed by atoms with Gasteiger partial charge in [-0.15, -0.1) is 0 Å². The summed E-state index contributed by atoms with van der Waals surface area (Å²) in [6.45, 7) is 10.5. The fourth-order valence-electron chi connectivity index (χ4n) is 0.702. The Balaban J connectivity index is 3.15. The first-order chi connectivity index (χ1) is 5.16. The third kappa shape index (κ3) is 7.82. The average Bonchev–Trinajstić information content (AvgIpc) is 1.86. The molecule has 1 radical (unpaired) electrons. The molecule has 0 aromatic heterocycles. The highest BCUT2D eigenvalue weighted by Crippen LogP contribution is 1.99. The third-order valence-corrected chi connectivity index (χ3v) is 1.23. The molecule has 0 bridgehead atoms. The van der Waals surface area contributed by atoms with Crippen molar-refractivity contribution in [1.29, 1.82) is 0 Å². The lowest BCUT2D eigenvalue weighted by Crippen LogP contribution is -2.18. The van der Waals surface area contributed by atoms with Gasteiger partial charge in [-0.05, 0) is 20.3 Å². The van der Waals surface area contributed by atoms with Crippen molar-refractivity contribution in [2.75, 3.05) is 6.61 Å². The Hall–Kier alpha value is -0.0800. The van der Waals surface area contributed by atoms with E-state index in [0.717, 1.165) is 19.4 Å². The zero-order valence-corrected chi connectivity index (χ0v) is 7.80. The van der Waals surface area contributed by atoms with E-state index in [2.05, 4.69) is 13.8 Å². The van der Waals surface area contributed by atoms with Crippen LogP contribution in [0.4, 0.5) is 0 Å². The second-order valence-electron chi connectivity index (χ2n) is 2.84. The molecule has 0 aromatic carbocycles. The van der Waals surface area contributed by atoms with E-state index in [0.29, 0.717) is 0 Å². The molecule has 1 atom stereocenters. The first-order valence-electron chi connectivity index (χ1n) is 4.27. The van der Waals surface area contributed by atoms with Gasteiger partial charge in [0.05, 0.1) is 6.10 Å². The van der Waals surface area contributed by atoms with Crippen LogP contribution in [0.1, 0.15) is 33.6 Å². The molecule has 2 heteroatoms. The highest BCUT2D eigenvalue weighted by atomic mass is 16.7. The monoisotopic (exact) mass is 159 g/mol. The summed E-state index contributed by atoms with van der Waals surface area (Å²) in [5.41, 5.74) is 0. The molecule has 1 unspecified atom stereocenters. The molecule has 11 heavy (non-hydrogen) atoms. The molecule has 0 amide bonds. The maximum absolute atomic E-state index is 5.26. The molecule has 0 aliphatic heterocycles. The van der Waals surface area contributed by atoms with Crippen molar-refractivity contribution in [1.82, 2.24) is 0 Å². The number of hydrogen-bond acceptors (Lipinski definition) is 2. The SMILES string of the molecule is [CH2]C(OCCCC)OC(C)C. The van der Waals surface area contributed by atoms with E-state index in [1.54, 1.807) is 0 Å². The van der Waals surface area contributed by atoms with Gasteiger partial charge in [-0.25, -0.2) is 0 Å². The smallest absolute Gasteiger partial charge is 0.158 e. The van der Waals surface area contributed by atoms with Crippen LogP contribution in [-0.4, -0.2) is 19.0 Å². The molecule has 0 aliphatic rings. The quantitative estimate of drug-likeness (QED) is 0.437. The minimum Gasteiger partial charge on any atom is -0.353 e. The van der Waals surface area contributed by atoms with E-state index in [-0.39, 0.29) is 12.4 Å². The lowest BCUT2D eigenvalue weighted by atomic mass is 10.4. The summed E-state index contributed by atoms with van der Waals surface area (Å²) in [6, 6.07) is 0. The van der Waals surface area contributed by atoms with E-state index >= 15 is 0 Å². The van der Waals surface area contributed by atoms with Gasteiger partial charge >= 0.3 is 0 Å². The molecule has 0 spiro atoms. The highest BCUT2D eigenvalue weighted by molar-refractivity contribution is 4.48. The van der Waals surface area contributed by atoms with Crippen molar-refractivity contribution < 1.29 is 9.47 Å². The van der Waals surface area contributed by atoms with Gasteiger partial charge in [0.15, 0.2) is 6.29 Å². The summed E-state index contributed by atoms with van der Waals surface area (Å²) >= 11 is 0. The van der Waals surface area contributed by atoms with Gasteiger partial charge in [0.25, 0.3) is 0 Å². The largest absolute Gasteiger partial charge is 0.353 e. The Morgan fingerprint density at radius 1 is 1.36 bits per heavy atom. The van der Waals surface area contributed by atoms with Crippen molar-refractivity contribution in [3.63, 3.8) is 0 Å². The lowest BCUT2D eigenvalue weighted by Gasteiger charge is -2.15. The molecule has 0 fully saturated rings. The molecule has 0 heterocycles. The number of hydrogen-bond donors (Lipinski definition) is 0. The predicted octanol–water partition coefficient (Wildman–Crippen LogP) is 2.39. The van der Waals surface area contributed by atoms with Crippen molar-refractivity contribution in [3.8, 4) is 0 Å². The Morgan fingerprint density at radius 2 is 2.00 bits per heavy atom. The topological polar surface area (TPSA) is 18.5 Å². The molecule has 0 aromatic rings. The van der Waals surface area contributed by atoms with E-state index in [4.69, 9.17) is 9.47 Å². The van der Waals surface area contributed by atoms with Crippen LogP contribution in [0.25, 0.3) is 0 Å². The van der Waals surface area contributed by atoms with Gasteiger partial charge in [0, 0.05) is 13.5 Å². The van der Waals surface area contributed by atoms with Crippen LogP contribution in [0.5, 0.6) is 0 Å². The van der Waals surface area contributed by atoms with Crippen LogP contribution in [-0.2, 0) is 9.47 Å². The van der Waals surface area contributed by atoms with Crippen molar-refractivity contribution in [2.45, 2.75) is 46.0 Å². The lowest BCUT2D eigenvalue weighted by molar-refractivity contribution is -0.135. The van der Waals surface area contributed by atoms with Gasteiger partial charge in [-0.1, -0.05) is 13.3 Å². The zero-order chi connectivity index (χ0) is 8.69. The van der Waals surface area contributed by atoms with Gasteiger partial charge in [-0.3, -0.25) is 0 Å². The van der Waals surface area contributed by atoms with Crippen molar-refractivity contribution >= 4 is 0 Å². The second kappa shape index (κ2) is 6.62. The first-order valence-corrected chi connectivity index (χ1v) is 4.27. The fraction of sp³-hybridized carbons (Fsp3) is 0.889. The van der Waals surface area contributed by atoms with Crippen molar-refractivity contribution in [3.05, 3.63) is 6.92 Å². The summed E-state index contributed by atoms with van der Waals surface area (Å²) in [6.07, 6.45) is 2.11. The van der Waals surface area contributed by atoms with E-state index in [1.165, 1.54) is 0 Å². The Kier molecular flexibility index (Phi) is 6.57. The van der Waals surface area contributed by atoms with Crippen LogP contribution in [0.2, 0.25) is 0 Å². The summed E-state index contributed by atoms with van der Waals surface area (Å²) in [4.78, 5) is 0. The van der Waals surface area contributed by atoms with Crippen LogP contribution >= 0.6 is 0 Å². The molecule has 0 N–H and O–H groups in total. The maximum atomic E-state index is 5.26. The Labute approximate surface area is 69.9 Å². The molecule has 0 saturated heterocycles. The molecule has 2 nitrogen and oxygen atoms in total. The summed E-state index contributed by atoms with van der Waals surface area (Å²) in [5, 5.41) is 0. The summed E-state index contributed by atoms with van der Waals surface area (Å²) < 4.78 is 10.5. The predicted molar refractivity (Wildman–Crippen MR) is 46.2 cm³/mol. The van der Waals surface area contributed by atoms with E-state index in [1.807, 2.05) is 13.8 Å². The highest BCUT2D eigenvalue weighted by Gasteiger charge is 2.03. The van der Waals surface area contributed by atoms with Crippen LogP contribution in [0.3, 0.4) is 0 Å². The molecule has 0 aliphatic carbocycles. The number of unbranched alkanes of at least 4 members (excludes halogenated alkanes) is 1.